The van der Waals surface area contributed by atoms with E-state index in [1.165, 1.54) is 4.90 Å². The van der Waals surface area contributed by atoms with E-state index in [0.717, 1.165) is 0 Å². The lowest BCUT2D eigenvalue weighted by Crippen LogP contribution is -2.39. The van der Waals surface area contributed by atoms with Crippen LogP contribution >= 0.6 is 0 Å². The van der Waals surface area contributed by atoms with Crippen molar-refractivity contribution < 1.29 is 14.7 Å². The van der Waals surface area contributed by atoms with Crippen LogP contribution in [-0.2, 0) is 4.79 Å². The summed E-state index contributed by atoms with van der Waals surface area (Å²) in [5, 5.41) is 16.5. The highest BCUT2D eigenvalue weighted by molar-refractivity contribution is 5.95. The van der Waals surface area contributed by atoms with Crippen molar-refractivity contribution in [2.45, 2.75) is 40.2 Å². The van der Waals surface area contributed by atoms with Gasteiger partial charge >= 0.3 is 5.97 Å². The molecule has 1 aromatic rings. The fourth-order valence-electron chi connectivity index (χ4n) is 1.73. The molecule has 0 aliphatic heterocycles. The quantitative estimate of drug-likeness (QED) is 0.870. The molecule has 1 N–H and O–H groups in total. The highest BCUT2D eigenvalue weighted by Crippen LogP contribution is 2.12. The summed E-state index contributed by atoms with van der Waals surface area (Å²) in [5.74, 6) is -1.12. The van der Waals surface area contributed by atoms with Crippen LogP contribution in [-0.4, -0.2) is 44.7 Å². The van der Waals surface area contributed by atoms with Crippen LogP contribution in [0.1, 0.15) is 42.0 Å². The Morgan fingerprint density at radius 1 is 1.32 bits per heavy atom. The predicted molar refractivity (Wildman–Crippen MR) is 69.9 cm³/mol. The number of carbonyl (C=O) groups is 2. The number of aromatic nitrogens is 2. The van der Waals surface area contributed by atoms with Gasteiger partial charge in [0, 0.05) is 12.6 Å². The summed E-state index contributed by atoms with van der Waals surface area (Å²) < 4.78 is 0. The van der Waals surface area contributed by atoms with Crippen molar-refractivity contribution in [3.8, 4) is 0 Å². The molecule has 1 rings (SSSR count). The number of nitrogens with zero attached hydrogens (tertiary/aromatic N) is 3. The van der Waals surface area contributed by atoms with Gasteiger partial charge in [-0.2, -0.15) is 10.2 Å². The second-order valence-electron chi connectivity index (χ2n) is 4.72. The molecule has 6 nitrogen and oxygen atoms in total. The second kappa shape index (κ2) is 6.26. The average Bonchev–Trinajstić information content (AvgIpc) is 2.31. The summed E-state index contributed by atoms with van der Waals surface area (Å²) in [6.07, 6.45) is -0.0690. The van der Waals surface area contributed by atoms with E-state index in [0.29, 0.717) is 17.0 Å². The summed E-state index contributed by atoms with van der Waals surface area (Å²) in [4.78, 5) is 24.6. The molecular formula is C13H19N3O3. The molecule has 104 valence electrons. The third kappa shape index (κ3) is 4.01. The van der Waals surface area contributed by atoms with Crippen LogP contribution < -0.4 is 0 Å². The van der Waals surface area contributed by atoms with Crippen molar-refractivity contribution in [1.29, 1.82) is 0 Å². The number of aryl methyl sites for hydroxylation is 2. The maximum atomic E-state index is 12.4. The third-order valence-corrected chi connectivity index (χ3v) is 2.78. The normalized spacial score (nSPS) is 10.6. The largest absolute Gasteiger partial charge is 0.481 e. The van der Waals surface area contributed by atoms with E-state index in [1.54, 1.807) is 19.9 Å². The van der Waals surface area contributed by atoms with Gasteiger partial charge in [0.1, 0.15) is 0 Å². The van der Waals surface area contributed by atoms with Crippen molar-refractivity contribution in [3.05, 3.63) is 23.0 Å². The topological polar surface area (TPSA) is 83.4 Å². The van der Waals surface area contributed by atoms with Crippen molar-refractivity contribution in [2.75, 3.05) is 6.54 Å². The maximum Gasteiger partial charge on any atom is 0.305 e. The number of carboxylic acids is 1. The summed E-state index contributed by atoms with van der Waals surface area (Å²) in [7, 11) is 0. The van der Waals surface area contributed by atoms with Gasteiger partial charge in [-0.15, -0.1) is 0 Å². The van der Waals surface area contributed by atoms with E-state index in [4.69, 9.17) is 5.11 Å². The minimum atomic E-state index is -0.917. The minimum Gasteiger partial charge on any atom is -0.481 e. The standard InChI is InChI=1S/C13H19N3O3/c1-8(2)16(6-5-12(17)18)13(19)11-7-9(3)14-15-10(11)4/h7-8H,5-6H2,1-4H3,(H,17,18). The van der Waals surface area contributed by atoms with Crippen molar-refractivity contribution in [1.82, 2.24) is 15.1 Å². The lowest BCUT2D eigenvalue weighted by Gasteiger charge is -2.26. The zero-order valence-electron chi connectivity index (χ0n) is 11.7. The molecular weight excluding hydrogens is 246 g/mol. The summed E-state index contributed by atoms with van der Waals surface area (Å²) in [5.41, 5.74) is 1.69. The van der Waals surface area contributed by atoms with E-state index in [1.807, 2.05) is 13.8 Å². The number of rotatable bonds is 5. The molecule has 6 heteroatoms. The van der Waals surface area contributed by atoms with Crippen LogP contribution in [0.5, 0.6) is 0 Å². The molecule has 1 aromatic heterocycles. The van der Waals surface area contributed by atoms with Gasteiger partial charge in [-0.1, -0.05) is 0 Å². The van der Waals surface area contributed by atoms with Gasteiger partial charge in [-0.05, 0) is 33.8 Å². The molecule has 0 radical (unpaired) electrons. The molecule has 0 saturated carbocycles. The number of amides is 1. The first-order chi connectivity index (χ1) is 8.82. The van der Waals surface area contributed by atoms with Gasteiger partial charge < -0.3 is 10.0 Å². The Morgan fingerprint density at radius 2 is 1.95 bits per heavy atom. The Morgan fingerprint density at radius 3 is 2.47 bits per heavy atom. The number of hydrogen-bond donors (Lipinski definition) is 1. The Kier molecular flexibility index (Phi) is 4.97. The third-order valence-electron chi connectivity index (χ3n) is 2.78. The van der Waals surface area contributed by atoms with Crippen molar-refractivity contribution >= 4 is 11.9 Å². The summed E-state index contributed by atoms with van der Waals surface area (Å²) in [6, 6.07) is 1.61. The molecule has 0 spiro atoms. The van der Waals surface area contributed by atoms with Gasteiger partial charge in [-0.3, -0.25) is 9.59 Å². The van der Waals surface area contributed by atoms with E-state index < -0.39 is 5.97 Å². The zero-order chi connectivity index (χ0) is 14.6. The second-order valence-corrected chi connectivity index (χ2v) is 4.72. The molecule has 0 atom stereocenters. The summed E-state index contributed by atoms with van der Waals surface area (Å²) >= 11 is 0. The minimum absolute atomic E-state index is 0.0690. The van der Waals surface area contributed by atoms with Crippen LogP contribution in [0, 0.1) is 13.8 Å². The molecule has 1 heterocycles. The Bertz CT molecular complexity index is 486. The molecule has 19 heavy (non-hydrogen) atoms. The molecule has 0 unspecified atom stereocenters. The lowest BCUT2D eigenvalue weighted by molar-refractivity contribution is -0.137. The molecule has 0 saturated heterocycles. The first-order valence-corrected chi connectivity index (χ1v) is 6.16. The van der Waals surface area contributed by atoms with E-state index in [-0.39, 0.29) is 24.9 Å². The zero-order valence-corrected chi connectivity index (χ0v) is 11.7. The Labute approximate surface area is 112 Å². The van der Waals surface area contributed by atoms with Crippen LogP contribution in [0.2, 0.25) is 0 Å². The van der Waals surface area contributed by atoms with Crippen LogP contribution in [0.4, 0.5) is 0 Å². The number of hydrogen-bond acceptors (Lipinski definition) is 4. The number of carbonyl (C=O) groups excluding carboxylic acids is 1. The van der Waals surface area contributed by atoms with Crippen LogP contribution in [0.3, 0.4) is 0 Å². The van der Waals surface area contributed by atoms with E-state index in [9.17, 15) is 9.59 Å². The molecule has 0 bridgehead atoms. The average molecular weight is 265 g/mol. The van der Waals surface area contributed by atoms with Gasteiger partial charge in [0.2, 0.25) is 0 Å². The predicted octanol–water partition coefficient (Wildman–Crippen LogP) is 1.42. The lowest BCUT2D eigenvalue weighted by atomic mass is 10.1. The Hall–Kier alpha value is -1.98. The Balaban J connectivity index is 2.99. The smallest absolute Gasteiger partial charge is 0.305 e. The SMILES string of the molecule is Cc1cc(C(=O)N(CCC(=O)O)C(C)C)c(C)nn1. The van der Waals surface area contributed by atoms with Gasteiger partial charge in [-0.25, -0.2) is 0 Å². The summed E-state index contributed by atoms with van der Waals surface area (Å²) in [6.45, 7) is 7.38. The first kappa shape index (κ1) is 15.1. The van der Waals surface area contributed by atoms with E-state index in [2.05, 4.69) is 10.2 Å². The maximum absolute atomic E-state index is 12.4. The number of carboxylic acid groups (broad SMARTS) is 1. The van der Waals surface area contributed by atoms with Crippen molar-refractivity contribution in [3.63, 3.8) is 0 Å². The van der Waals surface area contributed by atoms with Crippen molar-refractivity contribution in [2.24, 2.45) is 0 Å². The fourth-order valence-corrected chi connectivity index (χ4v) is 1.73. The fraction of sp³-hybridized carbons (Fsp3) is 0.538. The highest BCUT2D eigenvalue weighted by atomic mass is 16.4. The van der Waals surface area contributed by atoms with Gasteiger partial charge in [0.15, 0.2) is 0 Å². The molecule has 0 aliphatic rings. The van der Waals surface area contributed by atoms with Crippen LogP contribution in [0.25, 0.3) is 0 Å². The van der Waals surface area contributed by atoms with E-state index >= 15 is 0 Å². The molecule has 0 fully saturated rings. The number of aliphatic carboxylic acids is 1. The monoisotopic (exact) mass is 265 g/mol. The highest BCUT2D eigenvalue weighted by Gasteiger charge is 2.21. The molecule has 0 aliphatic carbocycles. The molecule has 0 aromatic carbocycles. The molecule has 1 amide bonds. The van der Waals surface area contributed by atoms with Gasteiger partial charge in [0.05, 0.1) is 23.4 Å². The van der Waals surface area contributed by atoms with Crippen LogP contribution in [0.15, 0.2) is 6.07 Å². The first-order valence-electron chi connectivity index (χ1n) is 6.16. The van der Waals surface area contributed by atoms with Gasteiger partial charge in [0.25, 0.3) is 5.91 Å².